The molecule has 0 spiro atoms. The highest BCUT2D eigenvalue weighted by molar-refractivity contribution is 5.88. The van der Waals surface area contributed by atoms with Gasteiger partial charge in [-0.1, -0.05) is 60.2 Å². The fourth-order valence-electron chi connectivity index (χ4n) is 4.05. The number of methoxy groups -OCH3 is 1. The van der Waals surface area contributed by atoms with Crippen LogP contribution in [0.1, 0.15) is 43.4 Å². The highest BCUT2D eigenvalue weighted by Crippen LogP contribution is 2.19. The molecular formula is C31H38N2O4. The second-order valence-corrected chi connectivity index (χ2v) is 9.50. The SMILES string of the molecule is COc1ccc(OCCCC(=O)N(Cc2ccc(C)cc2)C(Cc2ccccc2)C(=O)NC(C)C)cc1. The summed E-state index contributed by atoms with van der Waals surface area (Å²) in [6, 6.07) is 24.6. The number of rotatable bonds is 13. The zero-order valence-corrected chi connectivity index (χ0v) is 22.3. The van der Waals surface area contributed by atoms with Crippen molar-refractivity contribution in [3.8, 4) is 11.5 Å². The van der Waals surface area contributed by atoms with E-state index in [4.69, 9.17) is 9.47 Å². The second kappa shape index (κ2) is 14.1. The predicted octanol–water partition coefficient (Wildman–Crippen LogP) is 5.33. The quantitative estimate of drug-likeness (QED) is 0.321. The molecule has 2 amide bonds. The Morgan fingerprint density at radius 2 is 1.51 bits per heavy atom. The fourth-order valence-corrected chi connectivity index (χ4v) is 4.05. The molecule has 1 atom stereocenters. The molecule has 0 aliphatic heterocycles. The molecule has 1 N–H and O–H groups in total. The van der Waals surface area contributed by atoms with Gasteiger partial charge in [0.05, 0.1) is 13.7 Å². The summed E-state index contributed by atoms with van der Waals surface area (Å²) in [6.45, 7) is 6.66. The van der Waals surface area contributed by atoms with Gasteiger partial charge in [0.25, 0.3) is 0 Å². The van der Waals surface area contributed by atoms with Gasteiger partial charge in [-0.25, -0.2) is 0 Å². The van der Waals surface area contributed by atoms with Gasteiger partial charge in [-0.2, -0.15) is 0 Å². The number of amides is 2. The molecule has 0 heterocycles. The van der Waals surface area contributed by atoms with Gasteiger partial charge in [0.2, 0.25) is 11.8 Å². The van der Waals surface area contributed by atoms with Crippen molar-refractivity contribution in [3.05, 3.63) is 95.6 Å². The van der Waals surface area contributed by atoms with E-state index in [0.717, 1.165) is 28.2 Å². The van der Waals surface area contributed by atoms with E-state index in [1.165, 1.54) is 0 Å². The standard InChI is InChI=1S/C31H38N2O4/c1-23(2)32-31(35)29(21-25-9-6-5-7-10-25)33(22-26-14-12-24(3)13-15-26)30(34)11-8-20-37-28-18-16-27(36-4)17-19-28/h5-7,9-10,12-19,23,29H,8,11,20-22H2,1-4H3,(H,32,35). The van der Waals surface area contributed by atoms with E-state index in [-0.39, 0.29) is 24.3 Å². The van der Waals surface area contributed by atoms with Gasteiger partial charge < -0.3 is 19.7 Å². The highest BCUT2D eigenvalue weighted by atomic mass is 16.5. The van der Waals surface area contributed by atoms with E-state index in [1.54, 1.807) is 12.0 Å². The Kier molecular flexibility index (Phi) is 10.6. The number of carbonyl (C=O) groups excluding carboxylic acids is 2. The van der Waals surface area contributed by atoms with E-state index in [0.29, 0.717) is 26.0 Å². The summed E-state index contributed by atoms with van der Waals surface area (Å²) in [5.74, 6) is 1.27. The van der Waals surface area contributed by atoms with Gasteiger partial charge in [0.1, 0.15) is 17.5 Å². The molecule has 196 valence electrons. The van der Waals surface area contributed by atoms with Gasteiger partial charge in [-0.05, 0) is 62.6 Å². The molecule has 3 rings (SSSR count). The van der Waals surface area contributed by atoms with Crippen molar-refractivity contribution in [2.24, 2.45) is 0 Å². The normalized spacial score (nSPS) is 11.6. The predicted molar refractivity (Wildman–Crippen MR) is 147 cm³/mol. The summed E-state index contributed by atoms with van der Waals surface area (Å²) in [5, 5.41) is 3.02. The number of benzene rings is 3. The minimum atomic E-state index is -0.624. The first-order valence-electron chi connectivity index (χ1n) is 12.8. The molecule has 3 aromatic rings. The van der Waals surface area contributed by atoms with Crippen molar-refractivity contribution in [2.45, 2.75) is 58.7 Å². The van der Waals surface area contributed by atoms with Crippen LogP contribution in [0.3, 0.4) is 0 Å². The Hall–Kier alpha value is -3.80. The maximum atomic E-state index is 13.6. The van der Waals surface area contributed by atoms with E-state index in [1.807, 2.05) is 99.6 Å². The van der Waals surface area contributed by atoms with E-state index in [2.05, 4.69) is 5.32 Å². The van der Waals surface area contributed by atoms with Gasteiger partial charge in [-0.15, -0.1) is 0 Å². The number of ether oxygens (including phenoxy) is 2. The lowest BCUT2D eigenvalue weighted by molar-refractivity contribution is -0.141. The molecule has 0 aliphatic carbocycles. The summed E-state index contributed by atoms with van der Waals surface area (Å²) >= 11 is 0. The van der Waals surface area contributed by atoms with Gasteiger partial charge in [0, 0.05) is 25.4 Å². The van der Waals surface area contributed by atoms with Crippen LogP contribution in [0.5, 0.6) is 11.5 Å². The molecule has 1 unspecified atom stereocenters. The fraction of sp³-hybridized carbons (Fsp3) is 0.355. The van der Waals surface area contributed by atoms with Crippen LogP contribution in [0.2, 0.25) is 0 Å². The Morgan fingerprint density at radius 1 is 0.865 bits per heavy atom. The third-order valence-electron chi connectivity index (χ3n) is 6.04. The first kappa shape index (κ1) is 27.8. The first-order valence-corrected chi connectivity index (χ1v) is 12.8. The van der Waals surface area contributed by atoms with Crippen LogP contribution in [0.15, 0.2) is 78.9 Å². The van der Waals surface area contributed by atoms with Crippen LogP contribution in [-0.4, -0.2) is 42.5 Å². The Balaban J connectivity index is 1.75. The average Bonchev–Trinajstić information content (AvgIpc) is 2.90. The van der Waals surface area contributed by atoms with E-state index < -0.39 is 6.04 Å². The summed E-state index contributed by atoms with van der Waals surface area (Å²) in [5.41, 5.74) is 3.15. The molecule has 0 saturated heterocycles. The van der Waals surface area contributed by atoms with Crippen LogP contribution in [0.25, 0.3) is 0 Å². The zero-order chi connectivity index (χ0) is 26.6. The second-order valence-electron chi connectivity index (χ2n) is 9.50. The third-order valence-corrected chi connectivity index (χ3v) is 6.04. The van der Waals surface area contributed by atoms with Crippen molar-refractivity contribution in [3.63, 3.8) is 0 Å². The number of hydrogen-bond acceptors (Lipinski definition) is 4. The van der Waals surface area contributed by atoms with Crippen molar-refractivity contribution in [2.75, 3.05) is 13.7 Å². The number of carbonyl (C=O) groups is 2. The summed E-state index contributed by atoms with van der Waals surface area (Å²) in [6.07, 6.45) is 1.26. The minimum Gasteiger partial charge on any atom is -0.497 e. The molecule has 0 fully saturated rings. The molecule has 0 aliphatic rings. The highest BCUT2D eigenvalue weighted by Gasteiger charge is 2.30. The van der Waals surface area contributed by atoms with Crippen LogP contribution in [-0.2, 0) is 22.6 Å². The number of hydrogen-bond donors (Lipinski definition) is 1. The molecule has 0 aromatic heterocycles. The molecule has 6 nitrogen and oxygen atoms in total. The van der Waals surface area contributed by atoms with E-state index in [9.17, 15) is 9.59 Å². The van der Waals surface area contributed by atoms with Crippen LogP contribution < -0.4 is 14.8 Å². The number of aryl methyl sites for hydroxylation is 1. The van der Waals surface area contributed by atoms with Gasteiger partial charge in [-0.3, -0.25) is 9.59 Å². The molecule has 3 aromatic carbocycles. The lowest BCUT2D eigenvalue weighted by Gasteiger charge is -2.32. The van der Waals surface area contributed by atoms with Gasteiger partial charge in [0.15, 0.2) is 0 Å². The Labute approximate surface area is 220 Å². The number of nitrogens with zero attached hydrogens (tertiary/aromatic N) is 1. The van der Waals surface area contributed by atoms with Crippen molar-refractivity contribution >= 4 is 11.8 Å². The van der Waals surface area contributed by atoms with Crippen LogP contribution in [0.4, 0.5) is 0 Å². The van der Waals surface area contributed by atoms with E-state index >= 15 is 0 Å². The zero-order valence-electron chi connectivity index (χ0n) is 22.3. The molecular weight excluding hydrogens is 464 g/mol. The molecule has 0 radical (unpaired) electrons. The smallest absolute Gasteiger partial charge is 0.243 e. The Bertz CT molecular complexity index is 1110. The maximum absolute atomic E-state index is 13.6. The average molecular weight is 503 g/mol. The summed E-state index contributed by atoms with van der Waals surface area (Å²) in [4.78, 5) is 28.7. The first-order chi connectivity index (χ1) is 17.9. The van der Waals surface area contributed by atoms with Crippen LogP contribution >= 0.6 is 0 Å². The van der Waals surface area contributed by atoms with Crippen molar-refractivity contribution < 1.29 is 19.1 Å². The van der Waals surface area contributed by atoms with Crippen LogP contribution in [0, 0.1) is 6.92 Å². The topological polar surface area (TPSA) is 67.9 Å². The third kappa shape index (κ3) is 8.98. The van der Waals surface area contributed by atoms with Crippen molar-refractivity contribution in [1.82, 2.24) is 10.2 Å². The Morgan fingerprint density at radius 3 is 2.14 bits per heavy atom. The monoisotopic (exact) mass is 502 g/mol. The largest absolute Gasteiger partial charge is 0.497 e. The van der Waals surface area contributed by atoms with Gasteiger partial charge >= 0.3 is 0 Å². The summed E-state index contributed by atoms with van der Waals surface area (Å²) < 4.78 is 11.0. The summed E-state index contributed by atoms with van der Waals surface area (Å²) in [7, 11) is 1.62. The minimum absolute atomic E-state index is 0.0278. The lowest BCUT2D eigenvalue weighted by Crippen LogP contribution is -2.51. The molecule has 0 bridgehead atoms. The molecule has 6 heteroatoms. The lowest BCUT2D eigenvalue weighted by atomic mass is 10.0. The van der Waals surface area contributed by atoms with Crippen molar-refractivity contribution in [1.29, 1.82) is 0 Å². The molecule has 0 saturated carbocycles. The molecule has 37 heavy (non-hydrogen) atoms. The number of nitrogens with one attached hydrogen (secondary N) is 1. The maximum Gasteiger partial charge on any atom is 0.243 e.